The third-order valence-electron chi connectivity index (χ3n) is 4.06. The Morgan fingerprint density at radius 1 is 1.70 bits per heavy atom. The van der Waals surface area contributed by atoms with E-state index in [1.54, 1.807) is 7.05 Å². The minimum atomic E-state index is -0.571. The molecule has 0 aliphatic heterocycles. The van der Waals surface area contributed by atoms with Crippen molar-refractivity contribution in [2.75, 3.05) is 12.8 Å². The van der Waals surface area contributed by atoms with Crippen LogP contribution in [0.4, 0.5) is 0 Å². The summed E-state index contributed by atoms with van der Waals surface area (Å²) in [7, 11) is 1.80. The lowest BCUT2D eigenvalue weighted by Gasteiger charge is -2.32. The molecule has 110 valence electrons. The Bertz CT molecular complexity index is 533. The number of carbonyl (C=O) groups is 1. The van der Waals surface area contributed by atoms with E-state index in [1.165, 1.54) is 24.0 Å². The molecule has 4 N–H and O–H groups in total. The molecule has 2 atom stereocenters. The summed E-state index contributed by atoms with van der Waals surface area (Å²) in [5.74, 6) is 0.778. The van der Waals surface area contributed by atoms with Gasteiger partial charge in [0.05, 0.1) is 0 Å². The standard InChI is InChI=1S/C13H20N4O2S/c1-15-13(11(14)19)6-2-3-9(13)5-8-20-12-16-7-4-10(18)17-12/h4,7,9,15H,2-3,5-6,8H2,1H3,(H2,14,19)(H,16,17,18). The average molecular weight is 296 g/mol. The fourth-order valence-corrected chi connectivity index (χ4v) is 3.87. The van der Waals surface area contributed by atoms with E-state index in [-0.39, 0.29) is 17.4 Å². The van der Waals surface area contributed by atoms with Crippen LogP contribution in [-0.2, 0) is 4.79 Å². The fraction of sp³-hybridized carbons (Fsp3) is 0.615. The molecular formula is C13H20N4O2S. The summed E-state index contributed by atoms with van der Waals surface area (Å²) < 4.78 is 0. The van der Waals surface area contributed by atoms with Gasteiger partial charge in [-0.05, 0) is 32.2 Å². The van der Waals surface area contributed by atoms with Crippen molar-refractivity contribution in [1.82, 2.24) is 15.3 Å². The second-order valence-electron chi connectivity index (χ2n) is 5.05. The van der Waals surface area contributed by atoms with E-state index in [0.29, 0.717) is 5.16 Å². The Labute approximate surface area is 121 Å². The first kappa shape index (κ1) is 15.1. The predicted molar refractivity (Wildman–Crippen MR) is 78.5 cm³/mol. The van der Waals surface area contributed by atoms with Crippen LogP contribution in [0.5, 0.6) is 0 Å². The summed E-state index contributed by atoms with van der Waals surface area (Å²) in [6, 6.07) is 1.39. The summed E-state index contributed by atoms with van der Waals surface area (Å²) in [5, 5.41) is 3.74. The molecule has 1 heterocycles. The van der Waals surface area contributed by atoms with Crippen molar-refractivity contribution in [3.05, 3.63) is 22.6 Å². The molecule has 1 aromatic heterocycles. The summed E-state index contributed by atoms with van der Waals surface area (Å²) in [6.07, 6.45) is 5.18. The third kappa shape index (κ3) is 3.04. The molecule has 1 fully saturated rings. The van der Waals surface area contributed by atoms with Crippen LogP contribution in [0, 0.1) is 5.92 Å². The number of nitrogens with one attached hydrogen (secondary N) is 2. The second-order valence-corrected chi connectivity index (χ2v) is 6.13. The van der Waals surface area contributed by atoms with E-state index in [0.717, 1.165) is 31.4 Å². The van der Waals surface area contributed by atoms with Gasteiger partial charge in [0.15, 0.2) is 5.16 Å². The summed E-state index contributed by atoms with van der Waals surface area (Å²) >= 11 is 1.50. The van der Waals surface area contributed by atoms with Crippen LogP contribution in [0.1, 0.15) is 25.7 Å². The molecule has 1 amide bonds. The maximum atomic E-state index is 11.7. The molecular weight excluding hydrogens is 276 g/mol. The van der Waals surface area contributed by atoms with Gasteiger partial charge in [-0.2, -0.15) is 0 Å². The van der Waals surface area contributed by atoms with Crippen LogP contribution in [0.25, 0.3) is 0 Å². The van der Waals surface area contributed by atoms with Crippen LogP contribution < -0.4 is 16.6 Å². The maximum absolute atomic E-state index is 11.7. The molecule has 0 aromatic carbocycles. The van der Waals surface area contributed by atoms with Crippen LogP contribution >= 0.6 is 11.8 Å². The van der Waals surface area contributed by atoms with E-state index in [2.05, 4.69) is 15.3 Å². The Morgan fingerprint density at radius 3 is 3.15 bits per heavy atom. The summed E-state index contributed by atoms with van der Waals surface area (Å²) in [6.45, 7) is 0. The largest absolute Gasteiger partial charge is 0.368 e. The topological polar surface area (TPSA) is 101 Å². The molecule has 1 aromatic rings. The van der Waals surface area contributed by atoms with Gasteiger partial charge in [-0.25, -0.2) is 4.98 Å². The molecule has 0 bridgehead atoms. The average Bonchev–Trinajstić information content (AvgIpc) is 2.83. The van der Waals surface area contributed by atoms with Crippen molar-refractivity contribution in [3.63, 3.8) is 0 Å². The number of primary amides is 1. The Kier molecular flexibility index (Phi) is 4.82. The monoisotopic (exact) mass is 296 g/mol. The second kappa shape index (κ2) is 6.41. The highest BCUT2D eigenvalue weighted by Crippen LogP contribution is 2.38. The van der Waals surface area contributed by atoms with Gasteiger partial charge in [0.2, 0.25) is 5.91 Å². The number of amides is 1. The van der Waals surface area contributed by atoms with E-state index in [1.807, 2.05) is 0 Å². The Hall–Kier alpha value is -1.34. The van der Waals surface area contributed by atoms with Crippen LogP contribution in [-0.4, -0.2) is 34.2 Å². The number of aromatic amines is 1. The minimum absolute atomic E-state index is 0.148. The lowest BCUT2D eigenvalue weighted by molar-refractivity contribution is -0.125. The first-order valence-electron chi connectivity index (χ1n) is 6.75. The van der Waals surface area contributed by atoms with Crippen molar-refractivity contribution in [3.8, 4) is 0 Å². The normalized spacial score (nSPS) is 25.8. The van der Waals surface area contributed by atoms with Crippen molar-refractivity contribution < 1.29 is 4.79 Å². The Morgan fingerprint density at radius 2 is 2.50 bits per heavy atom. The van der Waals surface area contributed by atoms with Crippen molar-refractivity contribution in [1.29, 1.82) is 0 Å². The highest BCUT2D eigenvalue weighted by molar-refractivity contribution is 7.99. The molecule has 1 aliphatic carbocycles. The fourth-order valence-electron chi connectivity index (χ4n) is 2.97. The lowest BCUT2D eigenvalue weighted by Crippen LogP contribution is -2.56. The number of carbonyl (C=O) groups excluding carboxylic acids is 1. The maximum Gasteiger partial charge on any atom is 0.251 e. The minimum Gasteiger partial charge on any atom is -0.368 e. The number of thioether (sulfide) groups is 1. The number of nitrogens with zero attached hydrogens (tertiary/aromatic N) is 1. The first-order chi connectivity index (χ1) is 9.58. The molecule has 7 heteroatoms. The third-order valence-corrected chi connectivity index (χ3v) is 4.98. The van der Waals surface area contributed by atoms with Gasteiger partial charge in [0.25, 0.3) is 5.56 Å². The number of rotatable bonds is 6. The molecule has 0 spiro atoms. The van der Waals surface area contributed by atoms with E-state index >= 15 is 0 Å². The molecule has 6 nitrogen and oxygen atoms in total. The van der Waals surface area contributed by atoms with Crippen molar-refractivity contribution in [2.45, 2.75) is 36.4 Å². The van der Waals surface area contributed by atoms with Crippen molar-refractivity contribution in [2.24, 2.45) is 11.7 Å². The van der Waals surface area contributed by atoms with Crippen molar-refractivity contribution >= 4 is 17.7 Å². The van der Waals surface area contributed by atoms with Gasteiger partial charge in [-0.15, -0.1) is 0 Å². The van der Waals surface area contributed by atoms with Gasteiger partial charge in [-0.1, -0.05) is 18.2 Å². The van der Waals surface area contributed by atoms with Gasteiger partial charge >= 0.3 is 0 Å². The molecule has 1 aliphatic rings. The summed E-state index contributed by atoms with van der Waals surface area (Å²) in [5.41, 5.74) is 4.85. The SMILES string of the molecule is CNC1(C(N)=O)CCCC1CCSc1nccc(=O)[nH]1. The number of hydrogen-bond donors (Lipinski definition) is 3. The molecule has 20 heavy (non-hydrogen) atoms. The van der Waals surface area contributed by atoms with E-state index in [4.69, 9.17) is 5.73 Å². The predicted octanol–water partition coefficient (Wildman–Crippen LogP) is 0.496. The number of aromatic nitrogens is 2. The van der Waals surface area contributed by atoms with E-state index in [9.17, 15) is 9.59 Å². The molecule has 0 saturated heterocycles. The zero-order chi connectivity index (χ0) is 14.6. The smallest absolute Gasteiger partial charge is 0.251 e. The zero-order valence-corrected chi connectivity index (χ0v) is 12.3. The number of H-pyrrole nitrogens is 1. The van der Waals surface area contributed by atoms with Gasteiger partial charge in [0, 0.05) is 18.0 Å². The van der Waals surface area contributed by atoms with Crippen LogP contribution in [0.15, 0.2) is 22.2 Å². The van der Waals surface area contributed by atoms with Crippen LogP contribution in [0.2, 0.25) is 0 Å². The molecule has 1 saturated carbocycles. The van der Waals surface area contributed by atoms with Gasteiger partial charge < -0.3 is 16.0 Å². The highest BCUT2D eigenvalue weighted by atomic mass is 32.2. The number of nitrogens with two attached hydrogens (primary N) is 1. The molecule has 2 rings (SSSR count). The quantitative estimate of drug-likeness (QED) is 0.524. The molecule has 0 radical (unpaired) electrons. The van der Waals surface area contributed by atoms with Gasteiger partial charge in [0.1, 0.15) is 5.54 Å². The first-order valence-corrected chi connectivity index (χ1v) is 7.74. The highest BCUT2D eigenvalue weighted by Gasteiger charge is 2.45. The number of hydrogen-bond acceptors (Lipinski definition) is 5. The van der Waals surface area contributed by atoms with Gasteiger partial charge in [-0.3, -0.25) is 9.59 Å². The zero-order valence-electron chi connectivity index (χ0n) is 11.5. The lowest BCUT2D eigenvalue weighted by atomic mass is 9.84. The number of likely N-dealkylation sites (N-methyl/N-ethyl adjacent to an activating group) is 1. The Balaban J connectivity index is 1.93. The van der Waals surface area contributed by atoms with Crippen LogP contribution in [0.3, 0.4) is 0 Å². The van der Waals surface area contributed by atoms with E-state index < -0.39 is 5.54 Å². The molecule has 2 unspecified atom stereocenters. The summed E-state index contributed by atoms with van der Waals surface area (Å²) in [4.78, 5) is 29.7.